The predicted molar refractivity (Wildman–Crippen MR) is 103 cm³/mol. The zero-order valence-corrected chi connectivity index (χ0v) is 15.0. The average Bonchev–Trinajstić information content (AvgIpc) is 2.74. The third kappa shape index (κ3) is 4.26. The number of azide groups is 1. The van der Waals surface area contributed by atoms with Crippen LogP contribution in [-0.4, -0.2) is 38.1 Å². The molecule has 0 amide bonds. The molecule has 1 saturated heterocycles. The molecule has 0 aromatic heterocycles. The third-order valence-corrected chi connectivity index (χ3v) is 4.86. The monoisotopic (exact) mass is 366 g/mol. The molecular formula is C20H22N4O3. The first-order valence-corrected chi connectivity index (χ1v) is 8.83. The van der Waals surface area contributed by atoms with E-state index in [4.69, 9.17) is 21.4 Å². The summed E-state index contributed by atoms with van der Waals surface area (Å²) in [4.78, 5) is 4.89. The molecule has 2 atom stereocenters. The van der Waals surface area contributed by atoms with E-state index in [0.717, 1.165) is 32.0 Å². The summed E-state index contributed by atoms with van der Waals surface area (Å²) in [5.41, 5.74) is 8.65. The Morgan fingerprint density at radius 1 is 1.37 bits per heavy atom. The van der Waals surface area contributed by atoms with Crippen LogP contribution in [0.2, 0.25) is 0 Å². The highest BCUT2D eigenvalue weighted by Crippen LogP contribution is 2.36. The normalized spacial score (nSPS) is 21.4. The Balaban J connectivity index is 1.71. The smallest absolute Gasteiger partial charge is 0.167 e. The molecule has 1 fully saturated rings. The van der Waals surface area contributed by atoms with Crippen LogP contribution in [0.1, 0.15) is 12.0 Å². The van der Waals surface area contributed by atoms with Crippen molar-refractivity contribution in [1.82, 2.24) is 0 Å². The van der Waals surface area contributed by atoms with Gasteiger partial charge in [-0.15, -0.1) is 6.42 Å². The van der Waals surface area contributed by atoms with Crippen LogP contribution < -0.4 is 4.90 Å². The van der Waals surface area contributed by atoms with Crippen molar-refractivity contribution in [3.8, 4) is 12.3 Å². The highest BCUT2D eigenvalue weighted by Gasteiger charge is 2.35. The summed E-state index contributed by atoms with van der Waals surface area (Å²) in [5.74, 6) is 2.89. The number of hydrogen-bond acceptors (Lipinski definition) is 5. The van der Waals surface area contributed by atoms with Gasteiger partial charge in [-0.05, 0) is 41.8 Å². The SMILES string of the molecule is C#CC(O)(c1ccc(N2CCOCC2)cc1)C1C=CC(OCN=[N+]=[N-])=CC1. The largest absolute Gasteiger partial charge is 0.488 e. The lowest BCUT2D eigenvalue weighted by Gasteiger charge is -2.32. The van der Waals surface area contributed by atoms with Crippen LogP contribution >= 0.6 is 0 Å². The van der Waals surface area contributed by atoms with Gasteiger partial charge in [-0.1, -0.05) is 29.2 Å². The molecule has 1 aliphatic carbocycles. The van der Waals surface area contributed by atoms with Gasteiger partial charge in [-0.25, -0.2) is 0 Å². The highest BCUT2D eigenvalue weighted by molar-refractivity contribution is 5.50. The van der Waals surface area contributed by atoms with E-state index in [1.165, 1.54) is 0 Å². The van der Waals surface area contributed by atoms with Crippen molar-refractivity contribution in [2.75, 3.05) is 37.9 Å². The zero-order chi connectivity index (χ0) is 19.1. The Bertz CT molecular complexity index is 800. The van der Waals surface area contributed by atoms with Crippen molar-refractivity contribution in [3.63, 3.8) is 0 Å². The summed E-state index contributed by atoms with van der Waals surface area (Å²) < 4.78 is 10.7. The van der Waals surface area contributed by atoms with Gasteiger partial charge in [-0.2, -0.15) is 0 Å². The van der Waals surface area contributed by atoms with Crippen molar-refractivity contribution in [1.29, 1.82) is 0 Å². The molecule has 1 N–H and O–H groups in total. The van der Waals surface area contributed by atoms with Crippen LogP contribution in [0.15, 0.2) is 53.4 Å². The second-order valence-electron chi connectivity index (χ2n) is 6.37. The Morgan fingerprint density at radius 2 is 2.11 bits per heavy atom. The van der Waals surface area contributed by atoms with Crippen molar-refractivity contribution in [2.45, 2.75) is 12.0 Å². The minimum absolute atomic E-state index is 0.0697. The van der Waals surface area contributed by atoms with Gasteiger partial charge < -0.3 is 19.5 Å². The number of rotatable bonds is 6. The number of benzene rings is 1. The summed E-state index contributed by atoms with van der Waals surface area (Å²) in [6.45, 7) is 3.08. The van der Waals surface area contributed by atoms with Gasteiger partial charge >= 0.3 is 0 Å². The van der Waals surface area contributed by atoms with Crippen molar-refractivity contribution < 1.29 is 14.6 Å². The topological polar surface area (TPSA) is 90.7 Å². The van der Waals surface area contributed by atoms with Gasteiger partial charge in [0.25, 0.3) is 0 Å². The van der Waals surface area contributed by atoms with E-state index < -0.39 is 5.60 Å². The Hall–Kier alpha value is -2.91. The molecule has 1 aromatic carbocycles. The average molecular weight is 366 g/mol. The number of allylic oxidation sites excluding steroid dienone is 2. The maximum absolute atomic E-state index is 11.2. The number of anilines is 1. The fraction of sp³-hybridized carbons (Fsp3) is 0.400. The second kappa shape index (κ2) is 8.65. The molecule has 27 heavy (non-hydrogen) atoms. The summed E-state index contributed by atoms with van der Waals surface area (Å²) in [5, 5.41) is 14.5. The molecule has 0 bridgehead atoms. The van der Waals surface area contributed by atoms with E-state index in [1.54, 1.807) is 6.08 Å². The van der Waals surface area contributed by atoms with E-state index in [2.05, 4.69) is 20.8 Å². The molecule has 7 nitrogen and oxygen atoms in total. The summed E-state index contributed by atoms with van der Waals surface area (Å²) >= 11 is 0. The Labute approximate surface area is 158 Å². The maximum atomic E-state index is 11.2. The molecule has 0 radical (unpaired) electrons. The van der Waals surface area contributed by atoms with Gasteiger partial charge in [0, 0.05) is 29.6 Å². The van der Waals surface area contributed by atoms with Crippen LogP contribution in [0.5, 0.6) is 0 Å². The molecule has 3 rings (SSSR count). The van der Waals surface area contributed by atoms with Crippen LogP contribution in [0.4, 0.5) is 5.69 Å². The minimum atomic E-state index is -1.41. The number of morpholine rings is 1. The maximum Gasteiger partial charge on any atom is 0.167 e. The standard InChI is InChI=1S/C20H22N4O3/c1-2-20(25,17-5-9-19(10-6-17)27-15-22-23-21)16-3-7-18(8-4-16)24-11-13-26-14-12-24/h1,3-5,7-10,17,25H,6,11-15H2. The lowest BCUT2D eigenvalue weighted by atomic mass is 9.78. The molecule has 1 aromatic rings. The van der Waals surface area contributed by atoms with E-state index in [-0.39, 0.29) is 12.6 Å². The molecule has 0 saturated carbocycles. The van der Waals surface area contributed by atoms with Crippen molar-refractivity contribution in [3.05, 3.63) is 64.3 Å². The van der Waals surface area contributed by atoms with Gasteiger partial charge in [0.1, 0.15) is 5.76 Å². The molecule has 140 valence electrons. The second-order valence-corrected chi connectivity index (χ2v) is 6.37. The first-order valence-electron chi connectivity index (χ1n) is 8.83. The lowest BCUT2D eigenvalue weighted by molar-refractivity contribution is 0.0545. The lowest BCUT2D eigenvalue weighted by Crippen LogP contribution is -2.36. The minimum Gasteiger partial charge on any atom is -0.488 e. The first kappa shape index (κ1) is 18.9. The molecule has 7 heteroatoms. The number of nitrogens with zero attached hydrogens (tertiary/aromatic N) is 4. The van der Waals surface area contributed by atoms with Crippen LogP contribution in [0.25, 0.3) is 10.4 Å². The van der Waals surface area contributed by atoms with E-state index in [0.29, 0.717) is 17.7 Å². The van der Waals surface area contributed by atoms with Crippen molar-refractivity contribution >= 4 is 5.69 Å². The van der Waals surface area contributed by atoms with Crippen LogP contribution in [0, 0.1) is 18.3 Å². The fourth-order valence-electron chi connectivity index (χ4n) is 3.30. The number of hydrogen-bond donors (Lipinski definition) is 1. The fourth-order valence-corrected chi connectivity index (χ4v) is 3.30. The first-order chi connectivity index (χ1) is 13.2. The molecule has 1 heterocycles. The van der Waals surface area contributed by atoms with Gasteiger partial charge in [-0.3, -0.25) is 0 Å². The van der Waals surface area contributed by atoms with E-state index in [9.17, 15) is 5.11 Å². The third-order valence-electron chi connectivity index (χ3n) is 4.86. The Morgan fingerprint density at radius 3 is 2.70 bits per heavy atom. The van der Waals surface area contributed by atoms with Gasteiger partial charge in [0.2, 0.25) is 0 Å². The zero-order valence-electron chi connectivity index (χ0n) is 15.0. The quantitative estimate of drug-likeness (QED) is 0.362. The number of terminal acetylenes is 1. The molecule has 1 aliphatic heterocycles. The van der Waals surface area contributed by atoms with Crippen LogP contribution in [0.3, 0.4) is 0 Å². The Kier molecular flexibility index (Phi) is 6.05. The van der Waals surface area contributed by atoms with Crippen LogP contribution in [-0.2, 0) is 15.1 Å². The molecular weight excluding hydrogens is 344 g/mol. The van der Waals surface area contributed by atoms with Gasteiger partial charge in [0.15, 0.2) is 12.3 Å². The van der Waals surface area contributed by atoms with Gasteiger partial charge in [0.05, 0.1) is 13.2 Å². The van der Waals surface area contributed by atoms with Crippen molar-refractivity contribution in [2.24, 2.45) is 11.0 Å². The molecule has 2 aliphatic rings. The highest BCUT2D eigenvalue weighted by atomic mass is 16.5. The summed E-state index contributed by atoms with van der Waals surface area (Å²) in [7, 11) is 0. The number of aliphatic hydroxyl groups is 1. The van der Waals surface area contributed by atoms with E-state index in [1.807, 2.05) is 36.4 Å². The molecule has 2 unspecified atom stereocenters. The summed E-state index contributed by atoms with van der Waals surface area (Å²) in [6, 6.07) is 7.74. The van der Waals surface area contributed by atoms with E-state index >= 15 is 0 Å². The number of ether oxygens (including phenoxy) is 2. The summed E-state index contributed by atoms with van der Waals surface area (Å²) in [6.07, 6.45) is 11.6. The predicted octanol–water partition coefficient (Wildman–Crippen LogP) is 3.09. The molecule has 0 spiro atoms.